The molecule has 0 aliphatic carbocycles. The molecule has 1 rings (SSSR count). The van der Waals surface area contributed by atoms with Gasteiger partial charge in [-0.1, -0.05) is 0 Å². The van der Waals surface area contributed by atoms with Crippen LogP contribution in [-0.4, -0.2) is 55.6 Å². The number of hydrogen-bond acceptors (Lipinski definition) is 6. The lowest BCUT2D eigenvalue weighted by Crippen LogP contribution is -2.22. The van der Waals surface area contributed by atoms with E-state index in [-0.39, 0.29) is 0 Å². The molecule has 0 aliphatic heterocycles. The molecular weight excluding hydrogens is 216 g/mol. The quantitative estimate of drug-likeness (QED) is 0.719. The predicted molar refractivity (Wildman–Crippen MR) is 68.0 cm³/mol. The fraction of sp³-hybridized carbons (Fsp3) is 0.545. The molecule has 1 heterocycles. The predicted octanol–water partition coefficient (Wildman–Crippen LogP) is 0.410. The van der Waals surface area contributed by atoms with E-state index in [1.165, 1.54) is 6.33 Å². The van der Waals surface area contributed by atoms with Crippen LogP contribution in [-0.2, 0) is 0 Å². The second kappa shape index (κ2) is 6.66. The summed E-state index contributed by atoms with van der Waals surface area (Å²) in [5, 5.41) is 11.8. The highest BCUT2D eigenvalue weighted by molar-refractivity contribution is 5.48. The Kier molecular flexibility index (Phi) is 5.17. The molecule has 0 aromatic carbocycles. The van der Waals surface area contributed by atoms with Crippen LogP contribution in [0.2, 0.25) is 0 Å². The molecule has 1 aromatic heterocycles. The summed E-state index contributed by atoms with van der Waals surface area (Å²) < 4.78 is 0. The number of aromatic nitrogens is 2. The number of nitrogens with zero attached hydrogens (tertiary/aromatic N) is 5. The number of rotatable bonds is 6. The van der Waals surface area contributed by atoms with Crippen molar-refractivity contribution in [3.63, 3.8) is 0 Å². The molecule has 0 saturated carbocycles. The van der Waals surface area contributed by atoms with Crippen molar-refractivity contribution in [3.05, 3.63) is 12.4 Å². The van der Waals surface area contributed by atoms with Crippen molar-refractivity contribution < 1.29 is 0 Å². The summed E-state index contributed by atoms with van der Waals surface area (Å²) in [6.07, 6.45) is 1.50. The van der Waals surface area contributed by atoms with Crippen LogP contribution in [0, 0.1) is 11.3 Å². The number of anilines is 2. The van der Waals surface area contributed by atoms with Crippen LogP contribution in [0.25, 0.3) is 0 Å². The number of hydrogen-bond donors (Lipinski definition) is 1. The molecule has 0 saturated heterocycles. The van der Waals surface area contributed by atoms with E-state index in [9.17, 15) is 0 Å². The van der Waals surface area contributed by atoms with Gasteiger partial charge in [-0.25, -0.2) is 9.97 Å². The topological polar surface area (TPSA) is 68.1 Å². The van der Waals surface area contributed by atoms with Crippen molar-refractivity contribution in [3.8, 4) is 6.07 Å². The Morgan fingerprint density at radius 2 is 2.12 bits per heavy atom. The molecule has 0 spiro atoms. The van der Waals surface area contributed by atoms with Gasteiger partial charge in [0.25, 0.3) is 0 Å². The summed E-state index contributed by atoms with van der Waals surface area (Å²) in [5.74, 6) is 1.52. The van der Waals surface area contributed by atoms with Gasteiger partial charge in [-0.2, -0.15) is 5.26 Å². The van der Waals surface area contributed by atoms with Gasteiger partial charge in [0.2, 0.25) is 0 Å². The van der Waals surface area contributed by atoms with Gasteiger partial charge in [-0.3, -0.25) is 0 Å². The fourth-order valence-electron chi connectivity index (χ4n) is 1.25. The third-order valence-corrected chi connectivity index (χ3v) is 2.22. The average Bonchev–Trinajstić information content (AvgIpc) is 2.29. The Bertz CT molecular complexity index is 384. The normalized spacial score (nSPS) is 10.1. The van der Waals surface area contributed by atoms with Gasteiger partial charge in [0, 0.05) is 26.2 Å². The van der Waals surface area contributed by atoms with Gasteiger partial charge < -0.3 is 15.1 Å². The highest BCUT2D eigenvalue weighted by atomic mass is 15.2. The maximum Gasteiger partial charge on any atom is 0.134 e. The first-order chi connectivity index (χ1) is 8.13. The number of nitriles is 1. The maximum absolute atomic E-state index is 8.61. The minimum Gasteiger partial charge on any atom is -0.369 e. The van der Waals surface area contributed by atoms with Gasteiger partial charge in [-0.15, -0.1) is 0 Å². The van der Waals surface area contributed by atoms with Crippen LogP contribution in [0.1, 0.15) is 0 Å². The number of likely N-dealkylation sites (N-methyl/N-ethyl adjacent to an activating group) is 1. The van der Waals surface area contributed by atoms with Crippen molar-refractivity contribution in [2.24, 2.45) is 0 Å². The van der Waals surface area contributed by atoms with Crippen molar-refractivity contribution in [1.82, 2.24) is 14.9 Å². The molecule has 0 atom stereocenters. The van der Waals surface area contributed by atoms with Crippen LogP contribution in [0.4, 0.5) is 11.6 Å². The zero-order valence-electron chi connectivity index (χ0n) is 10.5. The summed E-state index contributed by atoms with van der Waals surface area (Å²) >= 11 is 0. The highest BCUT2D eigenvalue weighted by Crippen LogP contribution is 2.11. The molecule has 0 fully saturated rings. The summed E-state index contributed by atoms with van der Waals surface area (Å²) in [6, 6.07) is 3.92. The van der Waals surface area contributed by atoms with Crippen LogP contribution < -0.4 is 10.2 Å². The molecule has 92 valence electrons. The SMILES string of the molecule is CN(C)CCNc1cc(N(C)CC#N)ncn1. The smallest absolute Gasteiger partial charge is 0.134 e. The molecule has 17 heavy (non-hydrogen) atoms. The van der Waals surface area contributed by atoms with Crippen LogP contribution >= 0.6 is 0 Å². The second-order valence-corrected chi connectivity index (χ2v) is 4.01. The molecule has 0 aliphatic rings. The molecule has 6 heteroatoms. The van der Waals surface area contributed by atoms with E-state index in [4.69, 9.17) is 5.26 Å². The minimum absolute atomic E-state index is 0.314. The van der Waals surface area contributed by atoms with E-state index in [1.54, 1.807) is 4.90 Å². The van der Waals surface area contributed by atoms with Gasteiger partial charge in [0.15, 0.2) is 0 Å². The van der Waals surface area contributed by atoms with Crippen LogP contribution in [0.3, 0.4) is 0 Å². The molecule has 0 bridgehead atoms. The molecule has 0 amide bonds. The summed E-state index contributed by atoms with van der Waals surface area (Å²) in [7, 11) is 5.87. The van der Waals surface area contributed by atoms with Crippen molar-refractivity contribution in [2.75, 3.05) is 51.0 Å². The lowest BCUT2D eigenvalue weighted by molar-refractivity contribution is 0.425. The number of nitrogens with one attached hydrogen (secondary N) is 1. The molecule has 1 aromatic rings. The van der Waals surface area contributed by atoms with E-state index in [2.05, 4.69) is 26.3 Å². The molecular formula is C11H18N6. The van der Waals surface area contributed by atoms with E-state index < -0.39 is 0 Å². The Labute approximate surface area is 102 Å². The summed E-state index contributed by atoms with van der Waals surface area (Å²) in [5.41, 5.74) is 0. The first kappa shape index (κ1) is 13.2. The lowest BCUT2D eigenvalue weighted by Gasteiger charge is -2.15. The van der Waals surface area contributed by atoms with Gasteiger partial charge in [-0.05, 0) is 14.1 Å². The van der Waals surface area contributed by atoms with Crippen LogP contribution in [0.5, 0.6) is 0 Å². The molecule has 0 radical (unpaired) electrons. The van der Waals surface area contributed by atoms with E-state index >= 15 is 0 Å². The fourth-order valence-corrected chi connectivity index (χ4v) is 1.25. The van der Waals surface area contributed by atoms with Gasteiger partial charge >= 0.3 is 0 Å². The summed E-state index contributed by atoms with van der Waals surface area (Å²) in [4.78, 5) is 12.1. The lowest BCUT2D eigenvalue weighted by atomic mass is 10.4. The van der Waals surface area contributed by atoms with Gasteiger partial charge in [0.1, 0.15) is 24.5 Å². The summed E-state index contributed by atoms with van der Waals surface area (Å²) in [6.45, 7) is 2.08. The Balaban J connectivity index is 2.57. The molecule has 0 unspecified atom stereocenters. The van der Waals surface area contributed by atoms with Crippen molar-refractivity contribution >= 4 is 11.6 Å². The van der Waals surface area contributed by atoms with Gasteiger partial charge in [0.05, 0.1) is 6.07 Å². The first-order valence-electron chi connectivity index (χ1n) is 5.42. The largest absolute Gasteiger partial charge is 0.369 e. The van der Waals surface area contributed by atoms with E-state index in [0.29, 0.717) is 6.54 Å². The zero-order chi connectivity index (χ0) is 12.7. The Hall–Kier alpha value is -1.87. The average molecular weight is 234 g/mol. The third kappa shape index (κ3) is 4.66. The standard InChI is InChI=1S/C11H18N6/c1-16(2)7-5-13-10-8-11(15-9-14-10)17(3)6-4-12/h8-9H,5-7H2,1-3H3,(H,13,14,15). The second-order valence-electron chi connectivity index (χ2n) is 4.01. The Morgan fingerprint density at radius 1 is 1.35 bits per heavy atom. The van der Waals surface area contributed by atoms with E-state index in [0.717, 1.165) is 24.7 Å². The molecule has 1 N–H and O–H groups in total. The van der Waals surface area contributed by atoms with E-state index in [1.807, 2.05) is 27.2 Å². The Morgan fingerprint density at radius 3 is 2.76 bits per heavy atom. The van der Waals surface area contributed by atoms with Crippen molar-refractivity contribution in [2.45, 2.75) is 0 Å². The minimum atomic E-state index is 0.314. The zero-order valence-corrected chi connectivity index (χ0v) is 10.5. The first-order valence-corrected chi connectivity index (χ1v) is 5.42. The monoisotopic (exact) mass is 234 g/mol. The van der Waals surface area contributed by atoms with Crippen LogP contribution in [0.15, 0.2) is 12.4 Å². The third-order valence-electron chi connectivity index (χ3n) is 2.22. The molecule has 6 nitrogen and oxygen atoms in total. The highest BCUT2D eigenvalue weighted by Gasteiger charge is 2.03. The van der Waals surface area contributed by atoms with Crippen molar-refractivity contribution in [1.29, 1.82) is 5.26 Å². The maximum atomic E-state index is 8.61.